The average molecular weight is 273 g/mol. The van der Waals surface area contributed by atoms with Gasteiger partial charge in [0.05, 0.1) is 12.5 Å². The van der Waals surface area contributed by atoms with Crippen LogP contribution >= 0.6 is 0 Å². The van der Waals surface area contributed by atoms with E-state index in [2.05, 4.69) is 10.3 Å². The van der Waals surface area contributed by atoms with Gasteiger partial charge < -0.3 is 14.6 Å². The van der Waals surface area contributed by atoms with Crippen molar-refractivity contribution in [3.8, 4) is 0 Å². The van der Waals surface area contributed by atoms with Crippen LogP contribution in [0.25, 0.3) is 11.0 Å². The smallest absolute Gasteiger partial charge is 0.224 e. The standard InChI is InChI=1S/C15H19N3O2/c1-18-10-11(13-5-2-6-16-15(13)18)8-14(19)17-9-12-4-3-7-20-12/h2,5-6,10,12H,3-4,7-9H2,1H3,(H,17,19)/t12-/m0/s1. The van der Waals surface area contributed by atoms with Gasteiger partial charge in [0.25, 0.3) is 0 Å². The van der Waals surface area contributed by atoms with Crippen molar-refractivity contribution in [2.45, 2.75) is 25.4 Å². The molecule has 0 unspecified atom stereocenters. The Labute approximate surface area is 117 Å². The SMILES string of the molecule is Cn1cc(CC(=O)NC[C@@H]2CCCO2)c2cccnc21. The molecule has 3 rings (SSSR count). The molecule has 2 aromatic rings. The molecule has 1 atom stereocenters. The molecule has 3 heterocycles. The van der Waals surface area contributed by atoms with Crippen LogP contribution < -0.4 is 5.32 Å². The van der Waals surface area contributed by atoms with Gasteiger partial charge in [-0.1, -0.05) is 0 Å². The third-order valence-corrected chi connectivity index (χ3v) is 3.72. The number of hydrogen-bond acceptors (Lipinski definition) is 3. The zero-order valence-corrected chi connectivity index (χ0v) is 11.6. The molecule has 0 bridgehead atoms. The number of aryl methyl sites for hydroxylation is 1. The van der Waals surface area contributed by atoms with Crippen LogP contribution in [-0.2, 0) is 23.0 Å². The Kier molecular flexibility index (Phi) is 3.69. The molecule has 1 saturated heterocycles. The van der Waals surface area contributed by atoms with Crippen LogP contribution in [-0.4, -0.2) is 34.7 Å². The Morgan fingerprint density at radius 1 is 1.60 bits per heavy atom. The summed E-state index contributed by atoms with van der Waals surface area (Å²) in [6.07, 6.45) is 6.45. The average Bonchev–Trinajstić information content (AvgIpc) is 3.07. The molecule has 1 N–H and O–H groups in total. The molecular formula is C15H19N3O2. The van der Waals surface area contributed by atoms with E-state index >= 15 is 0 Å². The molecule has 1 aliphatic heterocycles. The van der Waals surface area contributed by atoms with Crippen LogP contribution in [0.3, 0.4) is 0 Å². The number of nitrogens with one attached hydrogen (secondary N) is 1. The number of hydrogen-bond donors (Lipinski definition) is 1. The van der Waals surface area contributed by atoms with Crippen molar-refractivity contribution in [2.75, 3.05) is 13.2 Å². The summed E-state index contributed by atoms with van der Waals surface area (Å²) in [5, 5.41) is 4.00. The van der Waals surface area contributed by atoms with Gasteiger partial charge in [0, 0.05) is 38.0 Å². The van der Waals surface area contributed by atoms with E-state index in [0.717, 1.165) is 36.0 Å². The van der Waals surface area contributed by atoms with E-state index in [4.69, 9.17) is 4.74 Å². The van der Waals surface area contributed by atoms with E-state index in [1.165, 1.54) is 0 Å². The van der Waals surface area contributed by atoms with Crippen LogP contribution in [0, 0.1) is 0 Å². The number of carbonyl (C=O) groups is 1. The highest BCUT2D eigenvalue weighted by atomic mass is 16.5. The first kappa shape index (κ1) is 13.1. The van der Waals surface area contributed by atoms with Gasteiger partial charge in [0.15, 0.2) is 0 Å². The summed E-state index contributed by atoms with van der Waals surface area (Å²) in [5.41, 5.74) is 1.93. The quantitative estimate of drug-likeness (QED) is 0.916. The molecule has 0 aliphatic carbocycles. The van der Waals surface area contributed by atoms with Crippen molar-refractivity contribution in [1.29, 1.82) is 0 Å². The molecule has 1 fully saturated rings. The van der Waals surface area contributed by atoms with Crippen molar-refractivity contribution < 1.29 is 9.53 Å². The number of rotatable bonds is 4. The minimum atomic E-state index is 0.0388. The maximum atomic E-state index is 12.0. The highest BCUT2D eigenvalue weighted by Gasteiger charge is 2.17. The van der Waals surface area contributed by atoms with Gasteiger partial charge in [0.1, 0.15) is 5.65 Å². The Balaban J connectivity index is 1.65. The Morgan fingerprint density at radius 3 is 3.30 bits per heavy atom. The van der Waals surface area contributed by atoms with E-state index in [9.17, 15) is 4.79 Å². The molecule has 1 amide bonds. The van der Waals surface area contributed by atoms with E-state index in [1.54, 1.807) is 6.20 Å². The lowest BCUT2D eigenvalue weighted by atomic mass is 10.1. The van der Waals surface area contributed by atoms with Crippen LogP contribution in [0.4, 0.5) is 0 Å². The summed E-state index contributed by atoms with van der Waals surface area (Å²) in [4.78, 5) is 16.4. The number of pyridine rings is 1. The van der Waals surface area contributed by atoms with E-state index in [-0.39, 0.29) is 12.0 Å². The highest BCUT2D eigenvalue weighted by molar-refractivity contribution is 5.87. The van der Waals surface area contributed by atoms with Gasteiger partial charge >= 0.3 is 0 Å². The third kappa shape index (κ3) is 2.67. The van der Waals surface area contributed by atoms with Gasteiger partial charge in [-0.05, 0) is 30.5 Å². The van der Waals surface area contributed by atoms with E-state index in [0.29, 0.717) is 13.0 Å². The lowest BCUT2D eigenvalue weighted by molar-refractivity contribution is -0.120. The normalized spacial score (nSPS) is 18.6. The number of ether oxygens (including phenoxy) is 1. The van der Waals surface area contributed by atoms with Crippen LogP contribution in [0.1, 0.15) is 18.4 Å². The molecule has 5 heteroatoms. The Hall–Kier alpha value is -1.88. The maximum Gasteiger partial charge on any atom is 0.224 e. The topological polar surface area (TPSA) is 56.2 Å². The molecule has 0 saturated carbocycles. The highest BCUT2D eigenvalue weighted by Crippen LogP contribution is 2.18. The number of fused-ring (bicyclic) bond motifs is 1. The van der Waals surface area contributed by atoms with Crippen LogP contribution in [0.2, 0.25) is 0 Å². The molecule has 0 spiro atoms. The summed E-state index contributed by atoms with van der Waals surface area (Å²) in [5.74, 6) is 0.0388. The molecule has 2 aromatic heterocycles. The maximum absolute atomic E-state index is 12.0. The van der Waals surface area contributed by atoms with Crippen molar-refractivity contribution in [2.24, 2.45) is 7.05 Å². The summed E-state index contributed by atoms with van der Waals surface area (Å²) < 4.78 is 7.46. The van der Waals surface area contributed by atoms with Gasteiger partial charge in [-0.3, -0.25) is 4.79 Å². The van der Waals surface area contributed by atoms with Crippen molar-refractivity contribution in [3.05, 3.63) is 30.1 Å². The zero-order valence-electron chi connectivity index (χ0n) is 11.6. The number of amides is 1. The first-order chi connectivity index (χ1) is 9.74. The van der Waals surface area contributed by atoms with E-state index in [1.807, 2.05) is 29.9 Å². The Morgan fingerprint density at radius 2 is 2.50 bits per heavy atom. The molecule has 0 aromatic carbocycles. The van der Waals surface area contributed by atoms with Crippen molar-refractivity contribution >= 4 is 16.9 Å². The molecule has 0 radical (unpaired) electrons. The largest absolute Gasteiger partial charge is 0.376 e. The van der Waals surface area contributed by atoms with Gasteiger partial charge in [-0.25, -0.2) is 4.98 Å². The lowest BCUT2D eigenvalue weighted by Gasteiger charge is -2.10. The summed E-state index contributed by atoms with van der Waals surface area (Å²) in [6, 6.07) is 3.90. The molecule has 20 heavy (non-hydrogen) atoms. The van der Waals surface area contributed by atoms with Crippen molar-refractivity contribution in [1.82, 2.24) is 14.9 Å². The Bertz CT molecular complexity index is 615. The van der Waals surface area contributed by atoms with Crippen LogP contribution in [0.15, 0.2) is 24.5 Å². The molecule has 5 nitrogen and oxygen atoms in total. The van der Waals surface area contributed by atoms with Gasteiger partial charge in [0.2, 0.25) is 5.91 Å². The number of aromatic nitrogens is 2. The summed E-state index contributed by atoms with van der Waals surface area (Å²) in [6.45, 7) is 1.43. The van der Waals surface area contributed by atoms with Crippen LogP contribution in [0.5, 0.6) is 0 Å². The predicted octanol–water partition coefficient (Wildman–Crippen LogP) is 1.41. The zero-order chi connectivity index (χ0) is 13.9. The van der Waals surface area contributed by atoms with Crippen molar-refractivity contribution in [3.63, 3.8) is 0 Å². The van der Waals surface area contributed by atoms with Gasteiger partial charge in [-0.2, -0.15) is 0 Å². The number of nitrogens with zero attached hydrogens (tertiary/aromatic N) is 2. The monoisotopic (exact) mass is 273 g/mol. The van der Waals surface area contributed by atoms with Gasteiger partial charge in [-0.15, -0.1) is 0 Å². The molecule has 1 aliphatic rings. The fourth-order valence-electron chi connectivity index (χ4n) is 2.70. The predicted molar refractivity (Wildman–Crippen MR) is 76.4 cm³/mol. The second kappa shape index (κ2) is 5.63. The summed E-state index contributed by atoms with van der Waals surface area (Å²) >= 11 is 0. The fourth-order valence-corrected chi connectivity index (χ4v) is 2.70. The first-order valence-corrected chi connectivity index (χ1v) is 7.01. The molecule has 106 valence electrons. The second-order valence-electron chi connectivity index (χ2n) is 5.26. The van der Waals surface area contributed by atoms with E-state index < -0.39 is 0 Å². The lowest BCUT2D eigenvalue weighted by Crippen LogP contribution is -2.32. The summed E-state index contributed by atoms with van der Waals surface area (Å²) in [7, 11) is 1.95. The molecular weight excluding hydrogens is 254 g/mol. The minimum Gasteiger partial charge on any atom is -0.376 e. The third-order valence-electron chi connectivity index (χ3n) is 3.72. The first-order valence-electron chi connectivity index (χ1n) is 7.01. The number of carbonyl (C=O) groups excluding carboxylic acids is 1. The fraction of sp³-hybridized carbons (Fsp3) is 0.467. The second-order valence-corrected chi connectivity index (χ2v) is 5.26. The minimum absolute atomic E-state index is 0.0388.